The normalized spacial score (nSPS) is 10.9. The largest absolute Gasteiger partial charge is 0.411 e. The van der Waals surface area contributed by atoms with E-state index in [1.165, 1.54) is 11.6 Å². The molecule has 162 valence electrons. The molecular weight excluding hydrogens is 430 g/mol. The molecule has 2 aromatic heterocycles. The van der Waals surface area contributed by atoms with Crippen LogP contribution in [0.2, 0.25) is 0 Å². The minimum atomic E-state index is -0.738. The third-order valence-electron chi connectivity index (χ3n) is 4.80. The minimum Gasteiger partial charge on any atom is -0.411 e. The first-order chi connectivity index (χ1) is 15.5. The van der Waals surface area contributed by atoms with Crippen molar-refractivity contribution in [2.24, 2.45) is 7.05 Å². The van der Waals surface area contributed by atoms with Crippen molar-refractivity contribution in [1.29, 1.82) is 0 Å². The Bertz CT molecular complexity index is 1380. The summed E-state index contributed by atoms with van der Waals surface area (Å²) in [6.45, 7) is 0.136. The van der Waals surface area contributed by atoms with Crippen LogP contribution in [0, 0.1) is 0 Å². The van der Waals surface area contributed by atoms with Gasteiger partial charge < -0.3 is 10.2 Å². The zero-order chi connectivity index (χ0) is 22.7. The number of carbonyl (C=O) groups excluding carboxylic acids is 1. The summed E-state index contributed by atoms with van der Waals surface area (Å²) in [6.07, 6.45) is 0. The van der Waals surface area contributed by atoms with Gasteiger partial charge in [-0.25, -0.2) is 4.79 Å². The molecule has 2 N–H and O–H groups in total. The zero-order valence-corrected chi connectivity index (χ0v) is 17.9. The number of rotatable bonds is 7. The maximum absolute atomic E-state index is 12.9. The van der Waals surface area contributed by atoms with E-state index in [1.807, 2.05) is 60.7 Å². The first kappa shape index (κ1) is 21.3. The molecule has 0 fully saturated rings. The van der Waals surface area contributed by atoms with E-state index in [0.29, 0.717) is 5.89 Å². The maximum Gasteiger partial charge on any atom is 0.332 e. The second-order valence-corrected chi connectivity index (χ2v) is 7.86. The Kier molecular flexibility index (Phi) is 6.04. The topological polar surface area (TPSA) is 126 Å². The molecule has 0 saturated heterocycles. The number of hydrogen-bond acceptors (Lipinski definition) is 8. The number of ketones is 1. The van der Waals surface area contributed by atoms with Gasteiger partial charge in [0.05, 0.1) is 12.3 Å². The fraction of sp³-hybridized carbons (Fsp3) is 0.136. The van der Waals surface area contributed by atoms with Crippen LogP contribution in [0.3, 0.4) is 0 Å². The highest BCUT2D eigenvalue weighted by atomic mass is 32.2. The number of aromatic nitrogens is 4. The van der Waals surface area contributed by atoms with Crippen molar-refractivity contribution in [3.05, 3.63) is 92.6 Å². The van der Waals surface area contributed by atoms with Crippen molar-refractivity contribution in [3.8, 4) is 11.5 Å². The van der Waals surface area contributed by atoms with E-state index in [4.69, 9.17) is 10.2 Å². The third-order valence-corrected chi connectivity index (χ3v) is 5.62. The Labute approximate surface area is 186 Å². The van der Waals surface area contributed by atoms with E-state index >= 15 is 0 Å². The second-order valence-electron chi connectivity index (χ2n) is 6.93. The number of nitrogens with two attached hydrogens (primary N) is 1. The van der Waals surface area contributed by atoms with Crippen LogP contribution in [0.4, 0.5) is 5.82 Å². The van der Waals surface area contributed by atoms with Gasteiger partial charge in [-0.2, -0.15) is 0 Å². The summed E-state index contributed by atoms with van der Waals surface area (Å²) in [4.78, 5) is 38.1. The number of nitrogen functional groups attached to an aromatic ring is 1. The molecule has 4 rings (SSSR count). The van der Waals surface area contributed by atoms with Crippen LogP contribution in [-0.4, -0.2) is 30.9 Å². The molecule has 0 aliphatic rings. The van der Waals surface area contributed by atoms with Gasteiger partial charge in [0.1, 0.15) is 11.4 Å². The first-order valence-corrected chi connectivity index (χ1v) is 10.6. The molecule has 0 aliphatic heterocycles. The van der Waals surface area contributed by atoms with E-state index in [0.717, 1.165) is 27.5 Å². The number of nitrogens with zero attached hydrogens (tertiary/aromatic N) is 4. The summed E-state index contributed by atoms with van der Waals surface area (Å²) in [6, 6.07) is 18.4. The van der Waals surface area contributed by atoms with Crippen LogP contribution < -0.4 is 17.0 Å². The Morgan fingerprint density at radius 2 is 1.69 bits per heavy atom. The average Bonchev–Trinajstić information content (AvgIpc) is 3.30. The van der Waals surface area contributed by atoms with Crippen molar-refractivity contribution >= 4 is 23.4 Å². The molecule has 9 nitrogen and oxygen atoms in total. The maximum atomic E-state index is 12.9. The van der Waals surface area contributed by atoms with Gasteiger partial charge in [0, 0.05) is 12.6 Å². The molecule has 10 heteroatoms. The molecule has 4 aromatic rings. The van der Waals surface area contributed by atoms with E-state index in [-0.39, 0.29) is 28.9 Å². The molecule has 0 unspecified atom stereocenters. The molecule has 0 atom stereocenters. The van der Waals surface area contributed by atoms with Gasteiger partial charge in [0.15, 0.2) is 5.78 Å². The molecule has 0 bridgehead atoms. The third kappa shape index (κ3) is 4.26. The molecule has 32 heavy (non-hydrogen) atoms. The highest BCUT2D eigenvalue weighted by Crippen LogP contribution is 2.23. The van der Waals surface area contributed by atoms with Crippen molar-refractivity contribution in [3.63, 3.8) is 0 Å². The minimum absolute atomic E-state index is 0.136. The summed E-state index contributed by atoms with van der Waals surface area (Å²) in [5.74, 6) is -0.524. The van der Waals surface area contributed by atoms with Crippen molar-refractivity contribution in [1.82, 2.24) is 19.3 Å². The lowest BCUT2D eigenvalue weighted by Crippen LogP contribution is -2.43. The van der Waals surface area contributed by atoms with Gasteiger partial charge in [-0.05, 0) is 17.7 Å². The van der Waals surface area contributed by atoms with Crippen LogP contribution in [0.1, 0.15) is 15.9 Å². The SMILES string of the molecule is Cn1c(=O)c(C(=O)CSc2nnc(-c3ccccc3)o2)c(N)n(Cc2ccccc2)c1=O. The Morgan fingerprint density at radius 1 is 1.03 bits per heavy atom. The number of Topliss-reactive ketones (excluding diaryl/α,β-unsaturated/α-hetero) is 1. The highest BCUT2D eigenvalue weighted by Gasteiger charge is 2.22. The molecule has 0 radical (unpaired) electrons. The number of thioether (sulfide) groups is 1. The summed E-state index contributed by atoms with van der Waals surface area (Å²) in [7, 11) is 1.32. The predicted molar refractivity (Wildman–Crippen MR) is 121 cm³/mol. The number of carbonyl (C=O) groups is 1. The Hall–Kier alpha value is -3.92. The predicted octanol–water partition coefficient (Wildman–Crippen LogP) is 2.20. The fourth-order valence-electron chi connectivity index (χ4n) is 3.13. The van der Waals surface area contributed by atoms with E-state index in [2.05, 4.69) is 10.2 Å². The summed E-state index contributed by atoms with van der Waals surface area (Å²) < 4.78 is 7.68. The molecule has 0 aliphatic carbocycles. The zero-order valence-electron chi connectivity index (χ0n) is 17.1. The quantitative estimate of drug-likeness (QED) is 0.336. The smallest absolute Gasteiger partial charge is 0.332 e. The Morgan fingerprint density at radius 3 is 2.38 bits per heavy atom. The van der Waals surface area contributed by atoms with Crippen LogP contribution >= 0.6 is 11.8 Å². The van der Waals surface area contributed by atoms with Crippen molar-refractivity contribution in [2.45, 2.75) is 11.8 Å². The van der Waals surface area contributed by atoms with Gasteiger partial charge in [-0.1, -0.05) is 60.3 Å². The van der Waals surface area contributed by atoms with Gasteiger partial charge in [0.25, 0.3) is 10.8 Å². The van der Waals surface area contributed by atoms with Crippen molar-refractivity contribution < 1.29 is 9.21 Å². The van der Waals surface area contributed by atoms with Gasteiger partial charge >= 0.3 is 5.69 Å². The molecule has 2 heterocycles. The van der Waals surface area contributed by atoms with Gasteiger partial charge in [-0.15, -0.1) is 10.2 Å². The molecule has 0 amide bonds. The van der Waals surface area contributed by atoms with Crippen LogP contribution in [0.25, 0.3) is 11.5 Å². The average molecular weight is 449 g/mol. The summed E-state index contributed by atoms with van der Waals surface area (Å²) in [5.41, 5.74) is 6.12. The number of benzene rings is 2. The number of hydrogen-bond donors (Lipinski definition) is 1. The molecular formula is C22H19N5O4S. The molecule has 0 spiro atoms. The second kappa shape index (κ2) is 9.06. The van der Waals surface area contributed by atoms with E-state index in [9.17, 15) is 14.4 Å². The van der Waals surface area contributed by atoms with Gasteiger partial charge in [0.2, 0.25) is 5.89 Å². The summed E-state index contributed by atoms with van der Waals surface area (Å²) >= 11 is 0.995. The lowest BCUT2D eigenvalue weighted by molar-refractivity contribution is 0.102. The monoisotopic (exact) mass is 449 g/mol. The first-order valence-electron chi connectivity index (χ1n) is 9.64. The van der Waals surface area contributed by atoms with E-state index < -0.39 is 17.0 Å². The van der Waals surface area contributed by atoms with Crippen LogP contribution in [0.15, 0.2) is 79.9 Å². The van der Waals surface area contributed by atoms with E-state index in [1.54, 1.807) is 0 Å². The van der Waals surface area contributed by atoms with Crippen molar-refractivity contribution in [2.75, 3.05) is 11.5 Å². The standard InChI is InChI=1S/C22H19N5O4S/c1-26-20(29)17(18(23)27(22(26)30)12-14-8-4-2-5-9-14)16(28)13-32-21-25-24-19(31-21)15-10-6-3-7-11-15/h2-11H,12-13,23H2,1H3. The lowest BCUT2D eigenvalue weighted by Gasteiger charge is -2.14. The van der Waals surface area contributed by atoms with Crippen LogP contribution in [0.5, 0.6) is 0 Å². The highest BCUT2D eigenvalue weighted by molar-refractivity contribution is 7.99. The number of anilines is 1. The molecule has 0 saturated carbocycles. The fourth-order valence-corrected chi connectivity index (χ4v) is 3.76. The van der Waals surface area contributed by atoms with Crippen LogP contribution in [-0.2, 0) is 13.6 Å². The summed E-state index contributed by atoms with van der Waals surface area (Å²) in [5, 5.41) is 8.09. The van der Waals surface area contributed by atoms with Gasteiger partial charge in [-0.3, -0.25) is 18.7 Å². The molecule has 2 aromatic carbocycles. The Balaban J connectivity index is 1.58. The lowest BCUT2D eigenvalue weighted by atomic mass is 10.2.